The third-order valence-electron chi connectivity index (χ3n) is 2.04. The van der Waals surface area contributed by atoms with Gasteiger partial charge >= 0.3 is 0 Å². The van der Waals surface area contributed by atoms with Crippen LogP contribution in [0.15, 0.2) is 28.9 Å². The number of hydrogen-bond acceptors (Lipinski definition) is 4. The molecule has 1 rings (SSSR count). The zero-order valence-corrected chi connectivity index (χ0v) is 9.97. The van der Waals surface area contributed by atoms with Crippen LogP contribution in [0.3, 0.4) is 0 Å². The maximum atomic E-state index is 11.4. The van der Waals surface area contributed by atoms with E-state index < -0.39 is 5.60 Å². The zero-order chi connectivity index (χ0) is 12.7. The van der Waals surface area contributed by atoms with E-state index >= 15 is 0 Å². The molecule has 0 bridgehead atoms. The molecule has 2 N–H and O–H groups in total. The Kier molecular flexibility index (Phi) is 4.93. The summed E-state index contributed by atoms with van der Waals surface area (Å²) < 4.78 is 9.86. The Hall–Kier alpha value is -1.59. The number of furan rings is 1. The maximum Gasteiger partial charge on any atom is 0.244 e. The molecule has 0 fully saturated rings. The van der Waals surface area contributed by atoms with E-state index in [9.17, 15) is 9.90 Å². The van der Waals surface area contributed by atoms with Gasteiger partial charge in [0.1, 0.15) is 11.4 Å². The van der Waals surface area contributed by atoms with Crippen LogP contribution in [0.4, 0.5) is 0 Å². The largest absolute Gasteiger partial charge is 0.465 e. The van der Waals surface area contributed by atoms with Gasteiger partial charge < -0.3 is 19.6 Å². The average Bonchev–Trinajstić information content (AvgIpc) is 2.76. The van der Waals surface area contributed by atoms with E-state index in [1.807, 2.05) is 0 Å². The second kappa shape index (κ2) is 6.22. The molecule has 1 aromatic rings. The van der Waals surface area contributed by atoms with Crippen molar-refractivity contribution in [2.45, 2.75) is 12.5 Å². The minimum atomic E-state index is -1.07. The molecule has 0 saturated heterocycles. The summed E-state index contributed by atoms with van der Waals surface area (Å²) in [4.78, 5) is 11.4. The Morgan fingerprint density at radius 2 is 2.47 bits per heavy atom. The highest BCUT2D eigenvalue weighted by Crippen LogP contribution is 2.03. The second-order valence-corrected chi connectivity index (χ2v) is 4.00. The van der Waals surface area contributed by atoms with Crippen molar-refractivity contribution in [3.63, 3.8) is 0 Å². The van der Waals surface area contributed by atoms with Crippen LogP contribution in [-0.2, 0) is 9.53 Å². The Morgan fingerprint density at radius 1 is 1.71 bits per heavy atom. The van der Waals surface area contributed by atoms with Crippen molar-refractivity contribution in [3.8, 4) is 0 Å². The van der Waals surface area contributed by atoms with E-state index in [1.54, 1.807) is 25.1 Å². The van der Waals surface area contributed by atoms with Gasteiger partial charge in [-0.1, -0.05) is 0 Å². The standard InChI is InChI=1S/C12H17NO4/c1-12(15,9-16-2)8-13-11(14)6-5-10-4-3-7-17-10/h3-7,15H,8-9H2,1-2H3,(H,13,14)/b6-5+/t12-/m1/s1. The van der Waals surface area contributed by atoms with Crippen molar-refractivity contribution < 1.29 is 19.1 Å². The first kappa shape index (κ1) is 13.5. The van der Waals surface area contributed by atoms with Gasteiger partial charge in [-0.3, -0.25) is 4.79 Å². The summed E-state index contributed by atoms with van der Waals surface area (Å²) >= 11 is 0. The monoisotopic (exact) mass is 239 g/mol. The number of rotatable bonds is 6. The zero-order valence-electron chi connectivity index (χ0n) is 9.97. The van der Waals surface area contributed by atoms with Gasteiger partial charge in [-0.25, -0.2) is 0 Å². The predicted octanol–water partition coefficient (Wildman–Crippen LogP) is 0.806. The Morgan fingerprint density at radius 3 is 3.06 bits per heavy atom. The molecule has 0 aliphatic carbocycles. The number of carbonyl (C=O) groups is 1. The van der Waals surface area contributed by atoms with Crippen molar-refractivity contribution in [3.05, 3.63) is 30.2 Å². The molecule has 0 aliphatic heterocycles. The minimum Gasteiger partial charge on any atom is -0.465 e. The summed E-state index contributed by atoms with van der Waals surface area (Å²) in [5.41, 5.74) is -1.07. The van der Waals surface area contributed by atoms with Crippen molar-refractivity contribution >= 4 is 12.0 Å². The number of methoxy groups -OCH3 is 1. The summed E-state index contributed by atoms with van der Waals surface area (Å²) in [5.74, 6) is 0.307. The summed E-state index contributed by atoms with van der Waals surface area (Å²) in [5, 5.41) is 12.3. The number of carbonyl (C=O) groups excluding carboxylic acids is 1. The van der Waals surface area contributed by atoms with Crippen LogP contribution in [0.25, 0.3) is 6.08 Å². The van der Waals surface area contributed by atoms with Gasteiger partial charge in [0.25, 0.3) is 0 Å². The molecule has 17 heavy (non-hydrogen) atoms. The summed E-state index contributed by atoms with van der Waals surface area (Å²) in [7, 11) is 1.49. The highest BCUT2D eigenvalue weighted by atomic mass is 16.5. The van der Waals surface area contributed by atoms with Crippen molar-refractivity contribution in [1.82, 2.24) is 5.32 Å². The fourth-order valence-corrected chi connectivity index (χ4v) is 1.24. The average molecular weight is 239 g/mol. The molecule has 0 aromatic carbocycles. The topological polar surface area (TPSA) is 71.7 Å². The molecule has 0 radical (unpaired) electrons. The number of aliphatic hydroxyl groups is 1. The first-order chi connectivity index (χ1) is 8.03. The number of amides is 1. The van der Waals surface area contributed by atoms with Gasteiger partial charge in [0, 0.05) is 19.7 Å². The SMILES string of the molecule is COC[C@](C)(O)CNC(=O)/C=C/c1ccco1. The normalized spacial score (nSPS) is 14.8. The minimum absolute atomic E-state index is 0.127. The quantitative estimate of drug-likeness (QED) is 0.720. The van der Waals surface area contributed by atoms with Crippen LogP contribution in [0.2, 0.25) is 0 Å². The fraction of sp³-hybridized carbons (Fsp3) is 0.417. The first-order valence-corrected chi connectivity index (χ1v) is 5.24. The van der Waals surface area contributed by atoms with Crippen LogP contribution >= 0.6 is 0 Å². The summed E-state index contributed by atoms with van der Waals surface area (Å²) in [6.07, 6.45) is 4.43. The van der Waals surface area contributed by atoms with Crippen LogP contribution in [0.1, 0.15) is 12.7 Å². The first-order valence-electron chi connectivity index (χ1n) is 5.24. The number of nitrogens with one attached hydrogen (secondary N) is 1. The molecule has 5 nitrogen and oxygen atoms in total. The molecule has 94 valence electrons. The van der Waals surface area contributed by atoms with Crippen LogP contribution in [-0.4, -0.2) is 36.9 Å². The molecule has 1 amide bonds. The van der Waals surface area contributed by atoms with Crippen molar-refractivity contribution in [2.75, 3.05) is 20.3 Å². The smallest absolute Gasteiger partial charge is 0.244 e. The highest BCUT2D eigenvalue weighted by molar-refractivity contribution is 5.91. The lowest BCUT2D eigenvalue weighted by Gasteiger charge is -2.21. The number of hydrogen-bond donors (Lipinski definition) is 2. The Labute approximate surface area is 100 Å². The highest BCUT2D eigenvalue weighted by Gasteiger charge is 2.20. The van der Waals surface area contributed by atoms with Gasteiger partial charge in [-0.2, -0.15) is 0 Å². The van der Waals surface area contributed by atoms with Crippen LogP contribution in [0, 0.1) is 0 Å². The lowest BCUT2D eigenvalue weighted by Crippen LogP contribution is -2.43. The Balaban J connectivity index is 2.35. The lowest BCUT2D eigenvalue weighted by molar-refractivity contribution is -0.118. The third-order valence-corrected chi connectivity index (χ3v) is 2.04. The molecule has 0 saturated carbocycles. The van der Waals surface area contributed by atoms with Gasteiger partial charge in [-0.05, 0) is 25.1 Å². The van der Waals surface area contributed by atoms with Gasteiger partial charge in [0.15, 0.2) is 0 Å². The van der Waals surface area contributed by atoms with E-state index in [0.717, 1.165) is 0 Å². The van der Waals surface area contributed by atoms with Gasteiger partial charge in [-0.15, -0.1) is 0 Å². The van der Waals surface area contributed by atoms with Crippen molar-refractivity contribution in [2.24, 2.45) is 0 Å². The molecular formula is C12H17NO4. The predicted molar refractivity (Wildman–Crippen MR) is 63.3 cm³/mol. The van der Waals surface area contributed by atoms with Crippen LogP contribution in [0.5, 0.6) is 0 Å². The maximum absolute atomic E-state index is 11.4. The third kappa shape index (κ3) is 5.33. The lowest BCUT2D eigenvalue weighted by atomic mass is 10.1. The molecular weight excluding hydrogens is 222 g/mol. The van der Waals surface area contributed by atoms with Crippen molar-refractivity contribution in [1.29, 1.82) is 0 Å². The molecule has 5 heteroatoms. The van der Waals surface area contributed by atoms with Crippen LogP contribution < -0.4 is 5.32 Å². The summed E-state index contributed by atoms with van der Waals surface area (Å²) in [6.45, 7) is 1.88. The van der Waals surface area contributed by atoms with E-state index in [1.165, 1.54) is 19.4 Å². The fourth-order valence-electron chi connectivity index (χ4n) is 1.24. The molecule has 1 aromatic heterocycles. The Bertz CT molecular complexity index is 368. The van der Waals surface area contributed by atoms with E-state index in [2.05, 4.69) is 5.32 Å². The van der Waals surface area contributed by atoms with E-state index in [0.29, 0.717) is 5.76 Å². The van der Waals surface area contributed by atoms with E-state index in [-0.39, 0.29) is 19.1 Å². The van der Waals surface area contributed by atoms with E-state index in [4.69, 9.17) is 9.15 Å². The second-order valence-electron chi connectivity index (χ2n) is 4.00. The van der Waals surface area contributed by atoms with Gasteiger partial charge in [0.2, 0.25) is 5.91 Å². The summed E-state index contributed by atoms with van der Waals surface area (Å²) in [6, 6.07) is 3.48. The molecule has 0 aliphatic rings. The van der Waals surface area contributed by atoms with Gasteiger partial charge in [0.05, 0.1) is 12.9 Å². The molecule has 0 unspecified atom stereocenters. The molecule has 1 atom stereocenters. The number of ether oxygens (including phenoxy) is 1. The molecule has 0 spiro atoms. The molecule has 1 heterocycles.